The van der Waals surface area contributed by atoms with E-state index in [1.807, 2.05) is 18.2 Å². The van der Waals surface area contributed by atoms with E-state index < -0.39 is 6.04 Å². The molecule has 2 atom stereocenters. The van der Waals surface area contributed by atoms with Gasteiger partial charge in [-0.15, -0.1) is 0 Å². The highest BCUT2D eigenvalue weighted by Gasteiger charge is 2.39. The number of nitrogens with two attached hydrogens (primary N) is 1. The van der Waals surface area contributed by atoms with Gasteiger partial charge in [-0.2, -0.15) is 0 Å². The molecule has 0 aliphatic carbocycles. The van der Waals surface area contributed by atoms with Gasteiger partial charge in [0.2, 0.25) is 11.8 Å². The van der Waals surface area contributed by atoms with Gasteiger partial charge in [-0.3, -0.25) is 19.7 Å². The summed E-state index contributed by atoms with van der Waals surface area (Å²) >= 11 is 0. The summed E-state index contributed by atoms with van der Waals surface area (Å²) in [7, 11) is 0. The lowest BCUT2D eigenvalue weighted by Crippen LogP contribution is -2.52. The molecule has 7 nitrogen and oxygen atoms in total. The molecule has 1 aromatic carbocycles. The molecule has 3 amide bonds. The van der Waals surface area contributed by atoms with E-state index in [1.165, 1.54) is 0 Å². The third-order valence-electron chi connectivity index (χ3n) is 5.16. The molecule has 0 bridgehead atoms. The quantitative estimate of drug-likeness (QED) is 0.643. The highest BCUT2D eigenvalue weighted by molar-refractivity contribution is 6.05. The number of nitrogens with zero attached hydrogens (tertiary/aromatic N) is 1. The first kappa shape index (κ1) is 18.5. The second-order valence-corrected chi connectivity index (χ2v) is 7.43. The van der Waals surface area contributed by atoms with Crippen LogP contribution in [0.5, 0.6) is 0 Å². The van der Waals surface area contributed by atoms with Gasteiger partial charge in [-0.05, 0) is 29.5 Å². The largest absolute Gasteiger partial charge is 0.326 e. The average Bonchev–Trinajstić information content (AvgIpc) is 2.91. The maximum atomic E-state index is 12.8. The van der Waals surface area contributed by atoms with Gasteiger partial charge >= 0.3 is 0 Å². The van der Waals surface area contributed by atoms with Gasteiger partial charge in [0.05, 0.1) is 0 Å². The SMILES string of the molecule is CC(C)[C@@H](N)CNCc1ccc2c(c1)C(=O)N(C1CCC(=O)NC1=O)C2. The summed E-state index contributed by atoms with van der Waals surface area (Å²) < 4.78 is 0. The molecule has 2 heterocycles. The summed E-state index contributed by atoms with van der Waals surface area (Å²) in [6.45, 7) is 5.94. The van der Waals surface area contributed by atoms with Crippen LogP contribution in [0.1, 0.15) is 48.2 Å². The Balaban J connectivity index is 1.65. The van der Waals surface area contributed by atoms with Crippen LogP contribution < -0.4 is 16.4 Å². The van der Waals surface area contributed by atoms with Crippen molar-refractivity contribution in [2.24, 2.45) is 11.7 Å². The van der Waals surface area contributed by atoms with Crippen LogP contribution in [0.25, 0.3) is 0 Å². The third-order valence-corrected chi connectivity index (χ3v) is 5.16. The van der Waals surface area contributed by atoms with Crippen molar-refractivity contribution in [3.05, 3.63) is 34.9 Å². The van der Waals surface area contributed by atoms with E-state index in [0.29, 0.717) is 37.5 Å². The number of hydrogen-bond acceptors (Lipinski definition) is 5. The molecular weight excluding hydrogens is 332 g/mol. The van der Waals surface area contributed by atoms with E-state index in [2.05, 4.69) is 24.5 Å². The van der Waals surface area contributed by atoms with Crippen molar-refractivity contribution >= 4 is 17.7 Å². The first-order valence-electron chi connectivity index (χ1n) is 9.09. The zero-order valence-electron chi connectivity index (χ0n) is 15.2. The molecule has 26 heavy (non-hydrogen) atoms. The predicted octanol–water partition coefficient (Wildman–Crippen LogP) is 0.521. The van der Waals surface area contributed by atoms with E-state index in [4.69, 9.17) is 5.73 Å². The van der Waals surface area contributed by atoms with Crippen molar-refractivity contribution in [2.75, 3.05) is 6.54 Å². The first-order chi connectivity index (χ1) is 12.4. The van der Waals surface area contributed by atoms with Crippen molar-refractivity contribution in [1.82, 2.24) is 15.5 Å². The molecule has 3 rings (SSSR count). The smallest absolute Gasteiger partial charge is 0.255 e. The summed E-state index contributed by atoms with van der Waals surface area (Å²) in [5.74, 6) is -0.392. The average molecular weight is 358 g/mol. The molecule has 1 aromatic rings. The molecule has 2 aliphatic heterocycles. The number of carbonyl (C=O) groups excluding carboxylic acids is 3. The molecule has 140 valence electrons. The number of imide groups is 1. The number of piperidine rings is 1. The van der Waals surface area contributed by atoms with Gasteiger partial charge < -0.3 is 16.0 Å². The molecular formula is C19H26N4O3. The molecule has 4 N–H and O–H groups in total. The Kier molecular flexibility index (Phi) is 5.38. The van der Waals surface area contributed by atoms with Crippen LogP contribution in [0.3, 0.4) is 0 Å². The minimum Gasteiger partial charge on any atom is -0.326 e. The topological polar surface area (TPSA) is 105 Å². The maximum absolute atomic E-state index is 12.8. The lowest BCUT2D eigenvalue weighted by Gasteiger charge is -2.29. The van der Waals surface area contributed by atoms with Crippen LogP contribution in [0.15, 0.2) is 18.2 Å². The minimum atomic E-state index is -0.571. The van der Waals surface area contributed by atoms with E-state index >= 15 is 0 Å². The Bertz CT molecular complexity index is 731. The van der Waals surface area contributed by atoms with Crippen molar-refractivity contribution in [3.8, 4) is 0 Å². The van der Waals surface area contributed by atoms with E-state index in [9.17, 15) is 14.4 Å². The van der Waals surface area contributed by atoms with Crippen LogP contribution in [-0.2, 0) is 22.7 Å². The zero-order valence-corrected chi connectivity index (χ0v) is 15.2. The third kappa shape index (κ3) is 3.78. The van der Waals surface area contributed by atoms with E-state index in [0.717, 1.165) is 11.1 Å². The Hall–Kier alpha value is -2.25. The molecule has 0 saturated carbocycles. The van der Waals surface area contributed by atoms with Crippen LogP contribution in [-0.4, -0.2) is 41.2 Å². The highest BCUT2D eigenvalue weighted by Crippen LogP contribution is 2.28. The van der Waals surface area contributed by atoms with Crippen molar-refractivity contribution in [1.29, 1.82) is 0 Å². The number of nitrogens with one attached hydrogen (secondary N) is 2. The van der Waals surface area contributed by atoms with Gasteiger partial charge in [0.15, 0.2) is 0 Å². The van der Waals surface area contributed by atoms with Crippen LogP contribution in [0.4, 0.5) is 0 Å². The Morgan fingerprint density at radius 1 is 1.31 bits per heavy atom. The fourth-order valence-electron chi connectivity index (χ4n) is 3.33. The van der Waals surface area contributed by atoms with Crippen molar-refractivity contribution in [2.45, 2.75) is 51.9 Å². The second kappa shape index (κ2) is 7.55. The van der Waals surface area contributed by atoms with E-state index in [-0.39, 0.29) is 30.2 Å². The molecule has 2 aliphatic rings. The summed E-state index contributed by atoms with van der Waals surface area (Å²) in [5, 5.41) is 5.64. The normalized spacial score (nSPS) is 21.2. The number of benzene rings is 1. The lowest BCUT2D eigenvalue weighted by atomic mass is 10.0. The summed E-state index contributed by atoms with van der Waals surface area (Å²) in [6.07, 6.45) is 0.647. The number of rotatable bonds is 6. The van der Waals surface area contributed by atoms with Crippen molar-refractivity contribution < 1.29 is 14.4 Å². The Labute approximate surface area is 153 Å². The fourth-order valence-corrected chi connectivity index (χ4v) is 3.33. The van der Waals surface area contributed by atoms with Crippen LogP contribution >= 0.6 is 0 Å². The lowest BCUT2D eigenvalue weighted by molar-refractivity contribution is -0.136. The number of fused-ring (bicyclic) bond motifs is 1. The first-order valence-corrected chi connectivity index (χ1v) is 9.09. The van der Waals surface area contributed by atoms with Crippen molar-refractivity contribution in [3.63, 3.8) is 0 Å². The minimum absolute atomic E-state index is 0.0917. The molecule has 0 spiro atoms. The number of amides is 3. The molecule has 0 radical (unpaired) electrons. The molecule has 7 heteroatoms. The standard InChI is InChI=1S/C19H26N4O3/c1-11(2)15(20)9-21-8-12-3-4-13-10-23(19(26)14(13)7-12)16-5-6-17(24)22-18(16)25/h3-4,7,11,15-16,21H,5-6,8-10,20H2,1-2H3,(H,22,24,25)/t15-,16?/m0/s1. The summed E-state index contributed by atoms with van der Waals surface area (Å²) in [5.41, 5.74) is 8.60. The van der Waals surface area contributed by atoms with Crippen LogP contribution in [0, 0.1) is 5.92 Å². The summed E-state index contributed by atoms with van der Waals surface area (Å²) in [6, 6.07) is 5.34. The van der Waals surface area contributed by atoms with Gasteiger partial charge in [0.25, 0.3) is 5.91 Å². The van der Waals surface area contributed by atoms with Gasteiger partial charge in [-0.25, -0.2) is 0 Å². The summed E-state index contributed by atoms with van der Waals surface area (Å²) in [4.78, 5) is 37.7. The Morgan fingerprint density at radius 3 is 2.77 bits per heavy atom. The molecule has 1 fully saturated rings. The maximum Gasteiger partial charge on any atom is 0.255 e. The Morgan fingerprint density at radius 2 is 2.08 bits per heavy atom. The number of carbonyl (C=O) groups is 3. The van der Waals surface area contributed by atoms with Gasteiger partial charge in [0.1, 0.15) is 6.04 Å². The van der Waals surface area contributed by atoms with E-state index in [1.54, 1.807) is 4.90 Å². The molecule has 1 unspecified atom stereocenters. The molecule has 0 aromatic heterocycles. The number of hydrogen-bond donors (Lipinski definition) is 3. The predicted molar refractivity (Wildman–Crippen MR) is 97.0 cm³/mol. The highest BCUT2D eigenvalue weighted by atomic mass is 16.2. The zero-order chi connectivity index (χ0) is 18.8. The van der Waals surface area contributed by atoms with Gasteiger partial charge in [0, 0.05) is 37.7 Å². The monoisotopic (exact) mass is 358 g/mol. The van der Waals surface area contributed by atoms with Gasteiger partial charge in [-0.1, -0.05) is 26.0 Å². The molecule has 1 saturated heterocycles. The second-order valence-electron chi connectivity index (χ2n) is 7.43. The van der Waals surface area contributed by atoms with Crippen LogP contribution in [0.2, 0.25) is 0 Å². The fraction of sp³-hybridized carbons (Fsp3) is 0.526.